The lowest BCUT2D eigenvalue weighted by atomic mass is 10.1. The van der Waals surface area contributed by atoms with Crippen LogP contribution in [0.15, 0.2) is 50.7 Å². The first kappa shape index (κ1) is 14.2. The molecule has 3 rings (SSSR count). The Hall–Kier alpha value is -2.80. The van der Waals surface area contributed by atoms with Gasteiger partial charge < -0.3 is 20.1 Å². The lowest BCUT2D eigenvalue weighted by Gasteiger charge is -2.03. The van der Waals surface area contributed by atoms with E-state index in [-0.39, 0.29) is 10.7 Å². The van der Waals surface area contributed by atoms with Gasteiger partial charge in [0, 0.05) is 11.6 Å². The standard InChI is InChI=1S/C15H10N2O4S/c16-15-17-13(18)12(22-15)7-10-4-5-11(21-10)8-2-1-3-9(6-8)14(19)20/h1-7H,(H,19,20)(H2,16,17,18)/p-1/b12-7+. The Morgan fingerprint density at radius 2 is 2.14 bits per heavy atom. The Balaban J connectivity index is 1.89. The van der Waals surface area contributed by atoms with Gasteiger partial charge in [-0.2, -0.15) is 4.99 Å². The predicted octanol–water partition coefficient (Wildman–Crippen LogP) is 1.24. The smallest absolute Gasteiger partial charge is 0.286 e. The monoisotopic (exact) mass is 313 g/mol. The largest absolute Gasteiger partial charge is 0.545 e. The average Bonchev–Trinajstić information content (AvgIpc) is 3.06. The van der Waals surface area contributed by atoms with Crippen molar-refractivity contribution in [1.82, 2.24) is 0 Å². The van der Waals surface area contributed by atoms with E-state index in [1.54, 1.807) is 30.3 Å². The number of aromatic carboxylic acids is 1. The number of rotatable bonds is 3. The molecule has 0 spiro atoms. The number of nitrogens with zero attached hydrogens (tertiary/aromatic N) is 1. The Kier molecular flexibility index (Phi) is 3.56. The molecule has 22 heavy (non-hydrogen) atoms. The molecule has 110 valence electrons. The fourth-order valence-corrected chi connectivity index (χ4v) is 2.60. The predicted molar refractivity (Wildman–Crippen MR) is 80.7 cm³/mol. The Labute approximate surface area is 129 Å². The van der Waals surface area contributed by atoms with Crippen molar-refractivity contribution in [3.63, 3.8) is 0 Å². The van der Waals surface area contributed by atoms with Crippen LogP contribution < -0.4 is 10.8 Å². The molecule has 0 atom stereocenters. The second-order valence-corrected chi connectivity index (χ2v) is 5.50. The summed E-state index contributed by atoms with van der Waals surface area (Å²) >= 11 is 1.07. The number of carboxylic acids is 1. The first-order valence-electron chi connectivity index (χ1n) is 6.22. The number of nitrogens with two attached hydrogens (primary N) is 1. The zero-order valence-electron chi connectivity index (χ0n) is 11.1. The molecule has 2 aromatic rings. The van der Waals surface area contributed by atoms with Gasteiger partial charge >= 0.3 is 0 Å². The minimum atomic E-state index is -1.25. The van der Waals surface area contributed by atoms with Gasteiger partial charge in [-0.1, -0.05) is 18.2 Å². The Morgan fingerprint density at radius 3 is 2.82 bits per heavy atom. The summed E-state index contributed by atoms with van der Waals surface area (Å²) < 4.78 is 5.60. The van der Waals surface area contributed by atoms with Crippen LogP contribution in [0.1, 0.15) is 16.1 Å². The molecule has 1 aromatic carbocycles. The first-order chi connectivity index (χ1) is 10.5. The van der Waals surface area contributed by atoms with Gasteiger partial charge in [-0.05, 0) is 35.5 Å². The molecule has 0 bridgehead atoms. The van der Waals surface area contributed by atoms with E-state index in [1.165, 1.54) is 12.1 Å². The second-order valence-electron chi connectivity index (χ2n) is 4.44. The van der Waals surface area contributed by atoms with Crippen LogP contribution >= 0.6 is 11.8 Å². The molecule has 2 N–H and O–H groups in total. The van der Waals surface area contributed by atoms with E-state index in [0.29, 0.717) is 22.0 Å². The van der Waals surface area contributed by atoms with Gasteiger partial charge in [0.25, 0.3) is 5.91 Å². The number of hydrogen-bond donors (Lipinski definition) is 1. The number of furan rings is 1. The van der Waals surface area contributed by atoms with E-state index in [2.05, 4.69) is 4.99 Å². The van der Waals surface area contributed by atoms with Crippen molar-refractivity contribution in [3.8, 4) is 11.3 Å². The molecule has 7 heteroatoms. The Morgan fingerprint density at radius 1 is 1.32 bits per heavy atom. The highest BCUT2D eigenvalue weighted by molar-refractivity contribution is 8.18. The molecule has 0 saturated heterocycles. The molecule has 0 aliphatic carbocycles. The first-order valence-corrected chi connectivity index (χ1v) is 7.04. The maximum atomic E-state index is 11.5. The Bertz CT molecular complexity index is 836. The lowest BCUT2D eigenvalue weighted by Crippen LogP contribution is -2.22. The topological polar surface area (TPSA) is 109 Å². The molecule has 0 radical (unpaired) electrons. The third kappa shape index (κ3) is 2.79. The third-order valence-electron chi connectivity index (χ3n) is 2.92. The maximum absolute atomic E-state index is 11.5. The van der Waals surface area contributed by atoms with Crippen LogP contribution in [0, 0.1) is 0 Å². The van der Waals surface area contributed by atoms with Crippen molar-refractivity contribution in [2.75, 3.05) is 0 Å². The van der Waals surface area contributed by atoms with Crippen LogP contribution in [0.2, 0.25) is 0 Å². The quantitative estimate of drug-likeness (QED) is 0.854. The number of thioether (sulfide) groups is 1. The molecular formula is C15H9N2O4S-. The summed E-state index contributed by atoms with van der Waals surface area (Å²) in [6.07, 6.45) is 1.54. The summed E-state index contributed by atoms with van der Waals surface area (Å²) in [6.45, 7) is 0. The minimum Gasteiger partial charge on any atom is -0.545 e. The van der Waals surface area contributed by atoms with E-state index < -0.39 is 11.9 Å². The highest BCUT2D eigenvalue weighted by atomic mass is 32.2. The van der Waals surface area contributed by atoms with Gasteiger partial charge in [0.15, 0.2) is 5.17 Å². The van der Waals surface area contributed by atoms with Crippen LogP contribution in [0.5, 0.6) is 0 Å². The zero-order valence-corrected chi connectivity index (χ0v) is 11.9. The molecular weight excluding hydrogens is 304 g/mol. The van der Waals surface area contributed by atoms with E-state index in [1.807, 2.05) is 0 Å². The zero-order chi connectivity index (χ0) is 15.7. The fraction of sp³-hybridized carbons (Fsp3) is 0. The second kappa shape index (κ2) is 5.53. The lowest BCUT2D eigenvalue weighted by molar-refractivity contribution is -0.255. The molecule has 1 aliphatic rings. The summed E-state index contributed by atoms with van der Waals surface area (Å²) in [7, 11) is 0. The maximum Gasteiger partial charge on any atom is 0.286 e. The normalized spacial score (nSPS) is 16.1. The van der Waals surface area contributed by atoms with E-state index in [9.17, 15) is 14.7 Å². The molecule has 2 heterocycles. The number of amidine groups is 1. The highest BCUT2D eigenvalue weighted by Crippen LogP contribution is 2.29. The number of hydrogen-bond acceptors (Lipinski definition) is 6. The van der Waals surface area contributed by atoms with Crippen LogP contribution in [-0.2, 0) is 4.79 Å². The van der Waals surface area contributed by atoms with Crippen molar-refractivity contribution >= 4 is 34.9 Å². The molecule has 0 saturated carbocycles. The summed E-state index contributed by atoms with van der Waals surface area (Å²) in [5, 5.41) is 11.1. The summed E-state index contributed by atoms with van der Waals surface area (Å²) in [6, 6.07) is 9.59. The van der Waals surface area contributed by atoms with Gasteiger partial charge in [-0.15, -0.1) is 0 Å². The van der Waals surface area contributed by atoms with Gasteiger partial charge in [0.05, 0.1) is 10.9 Å². The van der Waals surface area contributed by atoms with E-state index >= 15 is 0 Å². The summed E-state index contributed by atoms with van der Waals surface area (Å²) in [5.74, 6) is -0.718. The van der Waals surface area contributed by atoms with E-state index in [0.717, 1.165) is 11.8 Å². The van der Waals surface area contributed by atoms with Gasteiger partial charge in [0.2, 0.25) is 0 Å². The van der Waals surface area contributed by atoms with Crippen LogP contribution in [0.25, 0.3) is 17.4 Å². The molecule has 1 aliphatic heterocycles. The van der Waals surface area contributed by atoms with Gasteiger partial charge in [0.1, 0.15) is 11.5 Å². The fourth-order valence-electron chi connectivity index (χ4n) is 1.94. The summed E-state index contributed by atoms with van der Waals surface area (Å²) in [5.41, 5.74) is 6.14. The van der Waals surface area contributed by atoms with Gasteiger partial charge in [-0.25, -0.2) is 0 Å². The number of amides is 1. The highest BCUT2D eigenvalue weighted by Gasteiger charge is 2.20. The summed E-state index contributed by atoms with van der Waals surface area (Å²) in [4.78, 5) is 26.4. The minimum absolute atomic E-state index is 0.0662. The average molecular weight is 313 g/mol. The number of carboxylic acid groups (broad SMARTS) is 1. The molecule has 6 nitrogen and oxygen atoms in total. The van der Waals surface area contributed by atoms with Crippen LogP contribution in [0.3, 0.4) is 0 Å². The third-order valence-corrected chi connectivity index (χ3v) is 3.73. The number of benzene rings is 1. The number of carbonyl (C=O) groups excluding carboxylic acids is 2. The van der Waals surface area contributed by atoms with Gasteiger partial charge in [-0.3, -0.25) is 4.79 Å². The number of carbonyl (C=O) groups is 2. The van der Waals surface area contributed by atoms with Crippen LogP contribution in [-0.4, -0.2) is 17.0 Å². The SMILES string of the molecule is NC1=NC(=O)/C(=C\c2ccc(-c3cccc(C(=O)[O-])c3)o2)S1. The van der Waals surface area contributed by atoms with Crippen molar-refractivity contribution in [3.05, 3.63) is 52.6 Å². The van der Waals surface area contributed by atoms with E-state index in [4.69, 9.17) is 10.2 Å². The molecule has 0 fully saturated rings. The number of aliphatic imine (C=N–C) groups is 1. The van der Waals surface area contributed by atoms with Crippen LogP contribution in [0.4, 0.5) is 0 Å². The van der Waals surface area contributed by atoms with Crippen molar-refractivity contribution in [1.29, 1.82) is 0 Å². The van der Waals surface area contributed by atoms with Crippen molar-refractivity contribution < 1.29 is 19.1 Å². The van der Waals surface area contributed by atoms with Crippen molar-refractivity contribution in [2.24, 2.45) is 10.7 Å². The molecule has 0 unspecified atom stereocenters. The molecule has 1 aromatic heterocycles. The molecule has 1 amide bonds. The van der Waals surface area contributed by atoms with Crippen molar-refractivity contribution in [2.45, 2.75) is 0 Å².